The number of carbonyl (C=O) groups excluding carboxylic acids is 1. The average Bonchev–Trinajstić information content (AvgIpc) is 2.54. The van der Waals surface area contributed by atoms with Gasteiger partial charge >= 0.3 is 5.97 Å². The molecule has 0 saturated carbocycles. The van der Waals surface area contributed by atoms with E-state index in [0.29, 0.717) is 5.56 Å². The smallest absolute Gasteiger partial charge is 0.341 e. The number of rotatable bonds is 6. The lowest BCUT2D eigenvalue weighted by Gasteiger charge is -2.05. The van der Waals surface area contributed by atoms with E-state index in [-0.39, 0.29) is 16.5 Å². The summed E-state index contributed by atoms with van der Waals surface area (Å²) < 4.78 is 5.00. The van der Waals surface area contributed by atoms with Crippen molar-refractivity contribution in [2.75, 3.05) is 6.61 Å². The summed E-state index contributed by atoms with van der Waals surface area (Å²) in [6.45, 7) is -0.479. The number of hydrogen-bond acceptors (Lipinski definition) is 5. The van der Waals surface area contributed by atoms with Crippen molar-refractivity contribution in [3.8, 4) is 5.75 Å². The van der Waals surface area contributed by atoms with Crippen LogP contribution in [0.1, 0.15) is 16.1 Å². The Morgan fingerprint density at radius 3 is 2.83 bits per heavy atom. The molecule has 0 atom stereocenters. The minimum Gasteiger partial charge on any atom is -0.480 e. The van der Waals surface area contributed by atoms with Gasteiger partial charge in [-0.1, -0.05) is 17.7 Å². The zero-order valence-corrected chi connectivity index (χ0v) is 12.5. The molecule has 0 saturated heterocycles. The second-order valence-electron chi connectivity index (χ2n) is 4.29. The fourth-order valence-corrected chi connectivity index (χ4v) is 1.82. The normalized spacial score (nSPS) is 10.5. The van der Waals surface area contributed by atoms with Crippen molar-refractivity contribution >= 4 is 29.7 Å². The van der Waals surface area contributed by atoms with Crippen LogP contribution < -0.4 is 10.2 Å². The monoisotopic (exact) mass is 333 g/mol. The number of amides is 1. The number of ether oxygens (including phenoxy) is 1. The first-order valence-electron chi connectivity index (χ1n) is 6.45. The molecule has 0 spiro atoms. The molecule has 2 N–H and O–H groups in total. The standard InChI is InChI=1S/C15H12ClN3O4/c16-11-7-10(4-5-13(11)23-9-14(20)21)8-18-19-15(22)12-3-1-2-6-17-12/h1-8H,9H2,(H,19,22)(H,20,21)/b18-8+. The van der Waals surface area contributed by atoms with Crippen molar-refractivity contribution in [1.29, 1.82) is 0 Å². The maximum absolute atomic E-state index is 11.7. The molecular formula is C15H12ClN3O4. The number of aliphatic carboxylic acids is 1. The summed E-state index contributed by atoms with van der Waals surface area (Å²) in [5, 5.41) is 12.6. The first-order valence-corrected chi connectivity index (χ1v) is 6.82. The van der Waals surface area contributed by atoms with E-state index in [4.69, 9.17) is 21.4 Å². The topological polar surface area (TPSA) is 101 Å². The molecule has 7 nitrogen and oxygen atoms in total. The van der Waals surface area contributed by atoms with Gasteiger partial charge in [0.25, 0.3) is 5.91 Å². The number of nitrogens with zero attached hydrogens (tertiary/aromatic N) is 2. The Morgan fingerprint density at radius 2 is 2.17 bits per heavy atom. The summed E-state index contributed by atoms with van der Waals surface area (Å²) >= 11 is 5.97. The summed E-state index contributed by atoms with van der Waals surface area (Å²) in [6.07, 6.45) is 2.90. The number of hydrogen-bond donors (Lipinski definition) is 2. The Balaban J connectivity index is 1.96. The van der Waals surface area contributed by atoms with E-state index in [1.165, 1.54) is 24.5 Å². The highest BCUT2D eigenvalue weighted by Gasteiger charge is 2.06. The largest absolute Gasteiger partial charge is 0.480 e. The molecule has 2 rings (SSSR count). The summed E-state index contributed by atoms with van der Waals surface area (Å²) in [5.74, 6) is -1.28. The van der Waals surface area contributed by atoms with E-state index >= 15 is 0 Å². The van der Waals surface area contributed by atoms with Crippen LogP contribution in [0.3, 0.4) is 0 Å². The average molecular weight is 334 g/mol. The number of halogens is 1. The molecule has 0 bridgehead atoms. The predicted molar refractivity (Wildman–Crippen MR) is 83.9 cm³/mol. The number of aromatic nitrogens is 1. The van der Waals surface area contributed by atoms with Gasteiger partial charge in [-0.05, 0) is 35.9 Å². The molecule has 0 unspecified atom stereocenters. The number of pyridine rings is 1. The molecular weight excluding hydrogens is 322 g/mol. The number of hydrazone groups is 1. The first-order chi connectivity index (χ1) is 11.1. The van der Waals surface area contributed by atoms with Crippen LogP contribution in [0.2, 0.25) is 5.02 Å². The second-order valence-corrected chi connectivity index (χ2v) is 4.69. The second kappa shape index (κ2) is 7.90. The van der Waals surface area contributed by atoms with Crippen LogP contribution in [0.25, 0.3) is 0 Å². The Hall–Kier alpha value is -2.93. The molecule has 1 heterocycles. The van der Waals surface area contributed by atoms with Gasteiger partial charge in [-0.2, -0.15) is 5.10 Å². The minimum absolute atomic E-state index is 0.242. The van der Waals surface area contributed by atoms with Crippen molar-refractivity contribution in [1.82, 2.24) is 10.4 Å². The lowest BCUT2D eigenvalue weighted by molar-refractivity contribution is -0.139. The van der Waals surface area contributed by atoms with Crippen molar-refractivity contribution < 1.29 is 19.4 Å². The van der Waals surface area contributed by atoms with E-state index in [1.807, 2.05) is 0 Å². The Kier molecular flexibility index (Phi) is 5.65. The van der Waals surface area contributed by atoms with Crippen molar-refractivity contribution in [2.45, 2.75) is 0 Å². The summed E-state index contributed by atoms with van der Waals surface area (Å²) in [7, 11) is 0. The molecule has 0 fully saturated rings. The zero-order chi connectivity index (χ0) is 16.7. The van der Waals surface area contributed by atoms with Crippen LogP contribution in [0.5, 0.6) is 5.75 Å². The van der Waals surface area contributed by atoms with E-state index in [2.05, 4.69) is 15.5 Å². The molecule has 2 aromatic rings. The van der Waals surface area contributed by atoms with Gasteiger partial charge in [0.15, 0.2) is 6.61 Å². The number of carbonyl (C=O) groups is 2. The SMILES string of the molecule is O=C(O)COc1ccc(/C=N/NC(=O)c2ccccn2)cc1Cl. The molecule has 0 aliphatic carbocycles. The lowest BCUT2D eigenvalue weighted by atomic mass is 10.2. The van der Waals surface area contributed by atoms with Crippen molar-refractivity contribution in [2.24, 2.45) is 5.10 Å². The van der Waals surface area contributed by atoms with E-state index in [0.717, 1.165) is 0 Å². The van der Waals surface area contributed by atoms with Gasteiger partial charge in [-0.3, -0.25) is 9.78 Å². The van der Waals surface area contributed by atoms with E-state index in [1.54, 1.807) is 24.3 Å². The molecule has 118 valence electrons. The molecule has 23 heavy (non-hydrogen) atoms. The highest BCUT2D eigenvalue weighted by Crippen LogP contribution is 2.24. The molecule has 1 amide bonds. The van der Waals surface area contributed by atoms with Crippen LogP contribution >= 0.6 is 11.6 Å². The van der Waals surface area contributed by atoms with Gasteiger partial charge in [0.05, 0.1) is 11.2 Å². The van der Waals surface area contributed by atoms with Crippen molar-refractivity contribution in [3.05, 3.63) is 58.9 Å². The first kappa shape index (κ1) is 16.4. The summed E-state index contributed by atoms with van der Waals surface area (Å²) in [6, 6.07) is 9.65. The Labute approximate surface area is 136 Å². The number of carboxylic acid groups (broad SMARTS) is 1. The Morgan fingerprint density at radius 1 is 1.35 bits per heavy atom. The third-order valence-electron chi connectivity index (χ3n) is 2.58. The van der Waals surface area contributed by atoms with Gasteiger partial charge < -0.3 is 9.84 Å². The highest BCUT2D eigenvalue weighted by molar-refractivity contribution is 6.32. The van der Waals surface area contributed by atoms with E-state index in [9.17, 15) is 9.59 Å². The zero-order valence-electron chi connectivity index (χ0n) is 11.8. The molecule has 0 radical (unpaired) electrons. The van der Waals surface area contributed by atoms with Crippen LogP contribution in [-0.4, -0.2) is 34.8 Å². The van der Waals surface area contributed by atoms with Gasteiger partial charge in [0, 0.05) is 6.20 Å². The van der Waals surface area contributed by atoms with Crippen LogP contribution in [0.4, 0.5) is 0 Å². The van der Waals surface area contributed by atoms with Crippen LogP contribution in [0.15, 0.2) is 47.7 Å². The third-order valence-corrected chi connectivity index (χ3v) is 2.88. The van der Waals surface area contributed by atoms with Gasteiger partial charge in [0.1, 0.15) is 11.4 Å². The van der Waals surface area contributed by atoms with Gasteiger partial charge in [0.2, 0.25) is 0 Å². The number of nitrogens with one attached hydrogen (secondary N) is 1. The summed E-state index contributed by atoms with van der Waals surface area (Å²) in [4.78, 5) is 26.0. The molecule has 0 aliphatic heterocycles. The maximum Gasteiger partial charge on any atom is 0.341 e. The van der Waals surface area contributed by atoms with Gasteiger partial charge in [-0.15, -0.1) is 0 Å². The predicted octanol–water partition coefficient (Wildman–Crippen LogP) is 1.96. The Bertz CT molecular complexity index is 735. The van der Waals surface area contributed by atoms with Crippen molar-refractivity contribution in [3.63, 3.8) is 0 Å². The maximum atomic E-state index is 11.7. The summed E-state index contributed by atoms with van der Waals surface area (Å²) in [5.41, 5.74) is 3.20. The number of carboxylic acids is 1. The molecule has 1 aromatic carbocycles. The van der Waals surface area contributed by atoms with Gasteiger partial charge in [-0.25, -0.2) is 10.2 Å². The van der Waals surface area contributed by atoms with Crippen LogP contribution in [0, 0.1) is 0 Å². The highest BCUT2D eigenvalue weighted by atomic mass is 35.5. The lowest BCUT2D eigenvalue weighted by Crippen LogP contribution is -2.18. The minimum atomic E-state index is -1.09. The third kappa shape index (κ3) is 5.08. The number of benzene rings is 1. The van der Waals surface area contributed by atoms with Crippen LogP contribution in [-0.2, 0) is 4.79 Å². The van der Waals surface area contributed by atoms with E-state index < -0.39 is 18.5 Å². The fourth-order valence-electron chi connectivity index (χ4n) is 1.57. The molecule has 0 aliphatic rings. The fraction of sp³-hybridized carbons (Fsp3) is 0.0667. The molecule has 8 heteroatoms. The molecule has 1 aromatic heterocycles. The quantitative estimate of drug-likeness (QED) is 0.621.